The van der Waals surface area contributed by atoms with E-state index in [1.165, 1.54) is 0 Å². The molecule has 1 aromatic heterocycles. The van der Waals surface area contributed by atoms with Gasteiger partial charge in [0, 0.05) is 22.3 Å². The second kappa shape index (κ2) is 6.82. The van der Waals surface area contributed by atoms with Gasteiger partial charge in [-0.05, 0) is 42.1 Å². The monoisotopic (exact) mass is 380 g/mol. The summed E-state index contributed by atoms with van der Waals surface area (Å²) in [5.41, 5.74) is 9.30. The fraction of sp³-hybridized carbons (Fsp3) is 0. The summed E-state index contributed by atoms with van der Waals surface area (Å²) in [5.74, 6) is 0.231. The van der Waals surface area contributed by atoms with E-state index in [1.807, 2.05) is 66.9 Å². The van der Waals surface area contributed by atoms with Crippen LogP contribution < -0.4 is 5.73 Å². The lowest BCUT2D eigenvalue weighted by Crippen LogP contribution is -2.08. The van der Waals surface area contributed by atoms with E-state index in [-0.39, 0.29) is 11.1 Å². The molecule has 1 amide bonds. The Balaban J connectivity index is 1.84. The van der Waals surface area contributed by atoms with Gasteiger partial charge < -0.3 is 5.73 Å². The van der Waals surface area contributed by atoms with Gasteiger partial charge in [0.15, 0.2) is 0 Å². The first-order valence-electron chi connectivity index (χ1n) is 7.79. The number of amidine groups is 1. The van der Waals surface area contributed by atoms with E-state index in [0.29, 0.717) is 9.93 Å². The normalized spacial score (nSPS) is 15.5. The number of rotatable bonds is 3. The summed E-state index contributed by atoms with van der Waals surface area (Å²) in [6, 6.07) is 17.3. The van der Waals surface area contributed by atoms with E-state index in [2.05, 4.69) is 4.99 Å². The van der Waals surface area contributed by atoms with Crippen LogP contribution in [0.25, 0.3) is 23.0 Å². The number of benzene rings is 2. The average Bonchev–Trinajstić information content (AvgIpc) is 3.20. The molecule has 0 saturated heterocycles. The molecule has 0 fully saturated rings. The second-order valence-electron chi connectivity index (χ2n) is 5.59. The van der Waals surface area contributed by atoms with Crippen molar-refractivity contribution in [2.75, 3.05) is 0 Å². The van der Waals surface area contributed by atoms with Crippen LogP contribution in [0.5, 0.6) is 0 Å². The predicted octanol–water partition coefficient (Wildman–Crippen LogP) is 4.76. The average molecular weight is 381 g/mol. The highest BCUT2D eigenvalue weighted by Gasteiger charge is 2.20. The van der Waals surface area contributed by atoms with E-state index in [0.717, 1.165) is 34.3 Å². The number of amides is 1. The Morgan fingerprint density at radius 3 is 2.46 bits per heavy atom. The number of thioether (sulfide) groups is 1. The van der Waals surface area contributed by atoms with Gasteiger partial charge >= 0.3 is 5.24 Å². The maximum atomic E-state index is 11.5. The Labute approximate surface area is 159 Å². The highest BCUT2D eigenvalue weighted by molar-refractivity contribution is 8.18. The SMILES string of the molecule is NC1=NC(=O)SC1=Cc1cn(-c2ccccc2)nc1-c1ccc(Cl)cc1. The predicted molar refractivity (Wildman–Crippen MR) is 107 cm³/mol. The third kappa shape index (κ3) is 3.29. The number of aromatic nitrogens is 2. The molecule has 4 rings (SSSR count). The lowest BCUT2D eigenvalue weighted by molar-refractivity contribution is 0.268. The molecule has 0 spiro atoms. The summed E-state index contributed by atoms with van der Waals surface area (Å²) in [5, 5.41) is 5.07. The largest absolute Gasteiger partial charge is 0.383 e. The fourth-order valence-electron chi connectivity index (χ4n) is 2.61. The molecule has 0 saturated carbocycles. The van der Waals surface area contributed by atoms with Gasteiger partial charge in [0.1, 0.15) is 5.84 Å². The molecule has 3 aromatic rings. The molecular weight excluding hydrogens is 368 g/mol. The molecule has 1 aliphatic heterocycles. The van der Waals surface area contributed by atoms with Crippen molar-refractivity contribution in [3.8, 4) is 16.9 Å². The third-order valence-electron chi connectivity index (χ3n) is 3.83. The molecule has 26 heavy (non-hydrogen) atoms. The smallest absolute Gasteiger partial charge is 0.311 e. The molecule has 1 aliphatic rings. The Hall–Kier alpha value is -2.83. The maximum Gasteiger partial charge on any atom is 0.311 e. The van der Waals surface area contributed by atoms with Gasteiger partial charge in [-0.25, -0.2) is 4.68 Å². The zero-order valence-electron chi connectivity index (χ0n) is 13.5. The van der Waals surface area contributed by atoms with E-state index in [9.17, 15) is 4.79 Å². The van der Waals surface area contributed by atoms with Crippen LogP contribution in [0.3, 0.4) is 0 Å². The number of nitrogens with zero attached hydrogens (tertiary/aromatic N) is 3. The number of carbonyl (C=O) groups excluding carboxylic acids is 1. The van der Waals surface area contributed by atoms with Crippen molar-refractivity contribution in [1.82, 2.24) is 9.78 Å². The summed E-state index contributed by atoms with van der Waals surface area (Å²) in [6.07, 6.45) is 3.74. The van der Waals surface area contributed by atoms with Crippen molar-refractivity contribution >= 4 is 40.5 Å². The van der Waals surface area contributed by atoms with Gasteiger partial charge in [0.25, 0.3) is 0 Å². The molecule has 128 valence electrons. The molecular formula is C19H13ClN4OS. The Kier molecular flexibility index (Phi) is 4.36. The standard InChI is InChI=1S/C19H13ClN4OS/c20-14-8-6-12(7-9-14)17-13(10-16-18(21)22-19(25)26-16)11-24(23-17)15-4-2-1-3-5-15/h1-11H,(H2,21,22,25). The molecule has 0 bridgehead atoms. The number of hydrogen-bond acceptors (Lipinski definition) is 4. The summed E-state index contributed by atoms with van der Waals surface area (Å²) < 4.78 is 1.80. The first-order chi connectivity index (χ1) is 12.6. The van der Waals surface area contributed by atoms with Gasteiger partial charge in [-0.3, -0.25) is 4.79 Å². The fourth-order valence-corrected chi connectivity index (χ4v) is 3.40. The van der Waals surface area contributed by atoms with Gasteiger partial charge in [-0.15, -0.1) is 0 Å². The van der Waals surface area contributed by atoms with Crippen molar-refractivity contribution < 1.29 is 4.79 Å². The number of hydrogen-bond donors (Lipinski definition) is 1. The van der Waals surface area contributed by atoms with Crippen molar-refractivity contribution in [2.45, 2.75) is 0 Å². The molecule has 0 unspecified atom stereocenters. The van der Waals surface area contributed by atoms with Crippen LogP contribution in [0.2, 0.25) is 5.02 Å². The van der Waals surface area contributed by atoms with Crippen LogP contribution in [0.4, 0.5) is 4.79 Å². The minimum Gasteiger partial charge on any atom is -0.383 e. The molecule has 0 radical (unpaired) electrons. The molecule has 2 N–H and O–H groups in total. The Morgan fingerprint density at radius 1 is 1.08 bits per heavy atom. The second-order valence-corrected chi connectivity index (χ2v) is 7.02. The highest BCUT2D eigenvalue weighted by atomic mass is 35.5. The number of carbonyl (C=O) groups is 1. The zero-order valence-corrected chi connectivity index (χ0v) is 15.0. The van der Waals surface area contributed by atoms with Crippen molar-refractivity contribution in [2.24, 2.45) is 10.7 Å². The van der Waals surface area contributed by atoms with Gasteiger partial charge in [-0.1, -0.05) is 41.9 Å². The first kappa shape index (κ1) is 16.6. The first-order valence-corrected chi connectivity index (χ1v) is 8.99. The van der Waals surface area contributed by atoms with E-state index >= 15 is 0 Å². The van der Waals surface area contributed by atoms with Gasteiger partial charge in [-0.2, -0.15) is 10.1 Å². The van der Waals surface area contributed by atoms with Crippen molar-refractivity contribution in [3.05, 3.63) is 76.3 Å². The number of aliphatic imine (C=N–C) groups is 1. The van der Waals surface area contributed by atoms with Crippen molar-refractivity contribution in [1.29, 1.82) is 0 Å². The van der Waals surface area contributed by atoms with Crippen LogP contribution >= 0.6 is 23.4 Å². The zero-order chi connectivity index (χ0) is 18.1. The van der Waals surface area contributed by atoms with Gasteiger partial charge in [0.05, 0.1) is 16.3 Å². The summed E-state index contributed by atoms with van der Waals surface area (Å²) in [6.45, 7) is 0. The third-order valence-corrected chi connectivity index (χ3v) is 4.89. The summed E-state index contributed by atoms with van der Waals surface area (Å²) in [7, 11) is 0. The van der Waals surface area contributed by atoms with Crippen LogP contribution in [0, 0.1) is 0 Å². The molecule has 2 heterocycles. The minimum absolute atomic E-state index is 0.231. The molecule has 2 aromatic carbocycles. The van der Waals surface area contributed by atoms with Crippen LogP contribution in [-0.4, -0.2) is 20.9 Å². The lowest BCUT2D eigenvalue weighted by Gasteiger charge is -2.01. The topological polar surface area (TPSA) is 73.3 Å². The minimum atomic E-state index is -0.308. The van der Waals surface area contributed by atoms with E-state index in [4.69, 9.17) is 22.4 Å². The number of halogens is 1. The highest BCUT2D eigenvalue weighted by Crippen LogP contribution is 2.31. The quantitative estimate of drug-likeness (QED) is 0.711. The number of nitrogens with two attached hydrogens (primary N) is 1. The molecule has 0 aliphatic carbocycles. The van der Waals surface area contributed by atoms with Gasteiger partial charge in [0.2, 0.25) is 0 Å². The Morgan fingerprint density at radius 2 is 1.81 bits per heavy atom. The van der Waals surface area contributed by atoms with Crippen LogP contribution in [0.1, 0.15) is 5.56 Å². The van der Waals surface area contributed by atoms with Crippen molar-refractivity contribution in [3.63, 3.8) is 0 Å². The van der Waals surface area contributed by atoms with Crippen LogP contribution in [0.15, 0.2) is 70.7 Å². The Bertz CT molecular complexity index is 1040. The molecule has 0 atom stereocenters. The molecule has 7 heteroatoms. The summed E-state index contributed by atoms with van der Waals surface area (Å²) >= 11 is 7.02. The van der Waals surface area contributed by atoms with Crippen LogP contribution in [-0.2, 0) is 0 Å². The summed E-state index contributed by atoms with van der Waals surface area (Å²) in [4.78, 5) is 15.9. The number of para-hydroxylation sites is 1. The maximum absolute atomic E-state index is 11.5. The lowest BCUT2D eigenvalue weighted by atomic mass is 10.1. The van der Waals surface area contributed by atoms with E-state index < -0.39 is 0 Å². The molecule has 5 nitrogen and oxygen atoms in total. The van der Waals surface area contributed by atoms with E-state index in [1.54, 1.807) is 4.68 Å².